The van der Waals surface area contributed by atoms with E-state index in [2.05, 4.69) is 22.8 Å². The second-order valence-corrected chi connectivity index (χ2v) is 5.68. The molecule has 0 aliphatic heterocycles. The number of nitrogens with zero attached hydrogens (tertiary/aromatic N) is 1. The average Bonchev–Trinajstić information content (AvgIpc) is 3.05. The van der Waals surface area contributed by atoms with Crippen LogP contribution in [-0.2, 0) is 9.59 Å². The highest BCUT2D eigenvalue weighted by Gasteiger charge is 2.12. The molecule has 0 saturated heterocycles. The Hall–Kier alpha value is -3.09. The van der Waals surface area contributed by atoms with Crippen molar-refractivity contribution in [3.05, 3.63) is 47.9 Å². The highest BCUT2D eigenvalue weighted by Crippen LogP contribution is 2.16. The Balaban J connectivity index is 1.77. The predicted molar refractivity (Wildman–Crippen MR) is 99.3 cm³/mol. The van der Waals surface area contributed by atoms with Crippen LogP contribution in [-0.4, -0.2) is 24.6 Å². The van der Waals surface area contributed by atoms with E-state index < -0.39 is 11.8 Å². The van der Waals surface area contributed by atoms with Crippen LogP contribution in [0, 0.1) is 6.92 Å². The van der Waals surface area contributed by atoms with Crippen LogP contribution in [0.15, 0.2) is 45.9 Å². The lowest BCUT2D eigenvalue weighted by Gasteiger charge is -2.07. The van der Waals surface area contributed by atoms with E-state index in [0.29, 0.717) is 18.1 Å². The summed E-state index contributed by atoms with van der Waals surface area (Å²) in [4.78, 5) is 23.6. The molecule has 7 nitrogen and oxygen atoms in total. The summed E-state index contributed by atoms with van der Waals surface area (Å²) in [5.41, 5.74) is 2.64. The number of benzene rings is 1. The molecule has 2 rings (SSSR count). The zero-order valence-corrected chi connectivity index (χ0v) is 15.0. The van der Waals surface area contributed by atoms with E-state index in [1.54, 1.807) is 43.3 Å². The van der Waals surface area contributed by atoms with Crippen LogP contribution < -0.4 is 15.5 Å². The molecule has 7 heteroatoms. The first-order chi connectivity index (χ1) is 12.6. The maximum Gasteiger partial charge on any atom is 0.329 e. The van der Waals surface area contributed by atoms with Crippen LogP contribution in [0.3, 0.4) is 0 Å². The fourth-order valence-electron chi connectivity index (χ4n) is 2.09. The maximum absolute atomic E-state index is 11.8. The first-order valence-electron chi connectivity index (χ1n) is 8.52. The van der Waals surface area contributed by atoms with Crippen molar-refractivity contribution in [1.82, 2.24) is 5.43 Å². The molecule has 0 atom stereocenters. The van der Waals surface area contributed by atoms with Gasteiger partial charge in [-0.2, -0.15) is 5.10 Å². The lowest BCUT2D eigenvalue weighted by atomic mass is 10.2. The molecule has 0 unspecified atom stereocenters. The molecule has 0 spiro atoms. The van der Waals surface area contributed by atoms with Gasteiger partial charge in [-0.3, -0.25) is 9.59 Å². The minimum Gasteiger partial charge on any atom is -0.494 e. The van der Waals surface area contributed by atoms with E-state index in [1.807, 2.05) is 0 Å². The van der Waals surface area contributed by atoms with Crippen molar-refractivity contribution < 1.29 is 18.7 Å². The van der Waals surface area contributed by atoms with Crippen LogP contribution >= 0.6 is 0 Å². The molecule has 2 amide bonds. The highest BCUT2D eigenvalue weighted by atomic mass is 16.5. The van der Waals surface area contributed by atoms with Gasteiger partial charge in [0.25, 0.3) is 0 Å². The Bertz CT molecular complexity index is 750. The molecule has 1 heterocycles. The Kier molecular flexibility index (Phi) is 7.42. The van der Waals surface area contributed by atoms with E-state index in [9.17, 15) is 9.59 Å². The third-order valence-corrected chi connectivity index (χ3v) is 3.45. The maximum atomic E-state index is 11.8. The Morgan fingerprint density at radius 2 is 1.88 bits per heavy atom. The third-order valence-electron chi connectivity index (χ3n) is 3.45. The van der Waals surface area contributed by atoms with E-state index in [0.717, 1.165) is 30.8 Å². The fraction of sp³-hybridized carbons (Fsp3) is 0.316. The van der Waals surface area contributed by atoms with Crippen molar-refractivity contribution in [2.45, 2.75) is 33.1 Å². The number of rotatable bonds is 8. The largest absolute Gasteiger partial charge is 0.494 e. The molecule has 138 valence electrons. The number of hydrogen-bond acceptors (Lipinski definition) is 5. The van der Waals surface area contributed by atoms with Gasteiger partial charge in [-0.15, -0.1) is 0 Å². The van der Waals surface area contributed by atoms with Gasteiger partial charge >= 0.3 is 11.8 Å². The van der Waals surface area contributed by atoms with E-state index in [-0.39, 0.29) is 0 Å². The van der Waals surface area contributed by atoms with Crippen LogP contribution in [0.4, 0.5) is 5.69 Å². The van der Waals surface area contributed by atoms with Crippen LogP contribution in [0.2, 0.25) is 0 Å². The normalized spacial score (nSPS) is 10.7. The van der Waals surface area contributed by atoms with Crippen molar-refractivity contribution in [3.8, 4) is 5.75 Å². The summed E-state index contributed by atoms with van der Waals surface area (Å²) in [5, 5.41) is 6.18. The monoisotopic (exact) mass is 357 g/mol. The second-order valence-electron chi connectivity index (χ2n) is 5.68. The zero-order chi connectivity index (χ0) is 18.8. The summed E-state index contributed by atoms with van der Waals surface area (Å²) in [6, 6.07) is 10.3. The summed E-state index contributed by atoms with van der Waals surface area (Å²) in [7, 11) is 0. The molecular formula is C19H23N3O4. The number of furan rings is 1. The molecule has 0 fully saturated rings. The van der Waals surface area contributed by atoms with Gasteiger partial charge in [0.2, 0.25) is 0 Å². The first-order valence-corrected chi connectivity index (χ1v) is 8.52. The van der Waals surface area contributed by atoms with Crippen molar-refractivity contribution in [1.29, 1.82) is 0 Å². The summed E-state index contributed by atoms with van der Waals surface area (Å²) in [5.74, 6) is 0.256. The molecule has 0 radical (unpaired) electrons. The number of aryl methyl sites for hydroxylation is 1. The summed E-state index contributed by atoms with van der Waals surface area (Å²) < 4.78 is 10.9. The Morgan fingerprint density at radius 3 is 2.54 bits per heavy atom. The quantitative estimate of drug-likeness (QED) is 0.328. The van der Waals surface area contributed by atoms with Crippen molar-refractivity contribution in [2.24, 2.45) is 5.10 Å². The van der Waals surface area contributed by atoms with Gasteiger partial charge in [-0.1, -0.05) is 19.8 Å². The first kappa shape index (κ1) is 19.2. The minimum atomic E-state index is -0.871. The van der Waals surface area contributed by atoms with Crippen molar-refractivity contribution in [2.75, 3.05) is 11.9 Å². The number of carbonyl (C=O) groups is 2. The number of nitrogens with one attached hydrogen (secondary N) is 2. The average molecular weight is 357 g/mol. The molecule has 0 bridgehead atoms. The third kappa shape index (κ3) is 6.43. The number of unbranched alkanes of at least 4 members (excludes halogenated alkanes) is 2. The van der Waals surface area contributed by atoms with Gasteiger partial charge in [-0.05, 0) is 49.7 Å². The lowest BCUT2D eigenvalue weighted by molar-refractivity contribution is -0.136. The Morgan fingerprint density at radius 1 is 1.12 bits per heavy atom. The minimum absolute atomic E-state index is 0.484. The standard InChI is InChI=1S/C19H23N3O4/c1-3-4-5-12-25-16-10-7-15(8-11-16)21-18(23)19(24)22-20-13-17-9-6-14(2)26-17/h6-11,13H,3-5,12H2,1-2H3,(H,21,23)(H,22,24)/b20-13-. The lowest BCUT2D eigenvalue weighted by Crippen LogP contribution is -2.32. The van der Waals surface area contributed by atoms with E-state index in [1.165, 1.54) is 6.21 Å². The zero-order valence-electron chi connectivity index (χ0n) is 15.0. The molecule has 1 aromatic heterocycles. The number of amides is 2. The smallest absolute Gasteiger partial charge is 0.329 e. The van der Waals surface area contributed by atoms with Gasteiger partial charge in [0.05, 0.1) is 12.8 Å². The number of hydrogen-bond donors (Lipinski definition) is 2. The molecule has 26 heavy (non-hydrogen) atoms. The summed E-state index contributed by atoms with van der Waals surface area (Å²) in [6.07, 6.45) is 4.60. The molecule has 2 N–H and O–H groups in total. The second kappa shape index (κ2) is 10.0. The number of ether oxygens (including phenoxy) is 1. The molecule has 0 saturated carbocycles. The highest BCUT2D eigenvalue weighted by molar-refractivity contribution is 6.39. The molecule has 0 aliphatic rings. The van der Waals surface area contributed by atoms with Gasteiger partial charge < -0.3 is 14.5 Å². The molecule has 1 aromatic carbocycles. The molecule has 2 aromatic rings. The van der Waals surface area contributed by atoms with Crippen molar-refractivity contribution in [3.63, 3.8) is 0 Å². The Labute approximate surface area is 152 Å². The van der Waals surface area contributed by atoms with Crippen LogP contribution in [0.1, 0.15) is 37.7 Å². The van der Waals surface area contributed by atoms with Gasteiger partial charge in [0, 0.05) is 5.69 Å². The van der Waals surface area contributed by atoms with Gasteiger partial charge in [0.15, 0.2) is 0 Å². The van der Waals surface area contributed by atoms with Gasteiger partial charge in [0.1, 0.15) is 17.3 Å². The number of anilines is 1. The molecular weight excluding hydrogens is 334 g/mol. The fourth-order valence-corrected chi connectivity index (χ4v) is 2.09. The summed E-state index contributed by atoms with van der Waals surface area (Å²) in [6.45, 7) is 4.59. The van der Waals surface area contributed by atoms with Crippen LogP contribution in [0.5, 0.6) is 5.75 Å². The molecule has 0 aliphatic carbocycles. The van der Waals surface area contributed by atoms with Crippen molar-refractivity contribution >= 4 is 23.7 Å². The van der Waals surface area contributed by atoms with E-state index >= 15 is 0 Å². The van der Waals surface area contributed by atoms with Gasteiger partial charge in [-0.25, -0.2) is 5.43 Å². The predicted octanol–water partition coefficient (Wildman–Crippen LogP) is 3.25. The number of carbonyl (C=O) groups excluding carboxylic acids is 2. The number of hydrazone groups is 1. The SMILES string of the molecule is CCCCCOc1ccc(NC(=O)C(=O)N/N=C\c2ccc(C)o2)cc1. The van der Waals surface area contributed by atoms with E-state index in [4.69, 9.17) is 9.15 Å². The van der Waals surface area contributed by atoms with Crippen LogP contribution in [0.25, 0.3) is 0 Å². The summed E-state index contributed by atoms with van der Waals surface area (Å²) >= 11 is 0. The topological polar surface area (TPSA) is 92.9 Å².